The maximum absolute atomic E-state index is 4.60. The van der Waals surface area contributed by atoms with Gasteiger partial charge in [-0.05, 0) is 30.3 Å². The van der Waals surface area contributed by atoms with Crippen molar-refractivity contribution in [1.82, 2.24) is 4.90 Å². The highest BCUT2D eigenvalue weighted by atomic mass is 32.2. The van der Waals surface area contributed by atoms with E-state index in [0.717, 1.165) is 23.8 Å². The van der Waals surface area contributed by atoms with Crippen molar-refractivity contribution in [3.8, 4) is 0 Å². The number of thiophene rings is 1. The molecule has 0 fully saturated rings. The Morgan fingerprint density at radius 3 is 3.05 bits per heavy atom. The number of fused-ring (bicyclic) bond motifs is 2. The zero-order valence-corrected chi connectivity index (χ0v) is 12.9. The van der Waals surface area contributed by atoms with Gasteiger partial charge in [0.2, 0.25) is 0 Å². The van der Waals surface area contributed by atoms with E-state index >= 15 is 0 Å². The molecule has 0 saturated carbocycles. The topological polar surface area (TPSA) is 15.6 Å². The molecule has 0 atom stereocenters. The molecule has 2 aromatic rings. The van der Waals surface area contributed by atoms with E-state index in [1.807, 2.05) is 11.3 Å². The van der Waals surface area contributed by atoms with E-state index in [0.29, 0.717) is 0 Å². The second-order valence-corrected chi connectivity index (χ2v) is 6.91. The molecule has 0 spiro atoms. The van der Waals surface area contributed by atoms with E-state index in [1.165, 1.54) is 26.3 Å². The first-order chi connectivity index (χ1) is 9.75. The molecule has 0 amide bonds. The fourth-order valence-electron chi connectivity index (χ4n) is 2.70. The molecule has 4 rings (SSSR count). The predicted molar refractivity (Wildman–Crippen MR) is 90.2 cm³/mol. The smallest absolute Gasteiger partial charge is 0.168 e. The molecule has 1 aromatic carbocycles. The number of amidine groups is 1. The summed E-state index contributed by atoms with van der Waals surface area (Å²) in [6.07, 6.45) is 0. The third-order valence-corrected chi connectivity index (χ3v) is 5.85. The van der Waals surface area contributed by atoms with Crippen molar-refractivity contribution in [2.45, 2.75) is 6.92 Å². The summed E-state index contributed by atoms with van der Waals surface area (Å²) in [4.78, 5) is 8.22. The van der Waals surface area contributed by atoms with Crippen LogP contribution in [0.3, 0.4) is 0 Å². The quantitative estimate of drug-likeness (QED) is 0.807. The van der Waals surface area contributed by atoms with Crippen LogP contribution in [0.25, 0.3) is 15.8 Å². The van der Waals surface area contributed by atoms with Gasteiger partial charge in [-0.3, -0.25) is 4.99 Å². The number of aliphatic imine (C=N–C) groups is 1. The van der Waals surface area contributed by atoms with Crippen LogP contribution in [0.5, 0.6) is 0 Å². The molecular formula is C16H14N2S2. The van der Waals surface area contributed by atoms with E-state index in [2.05, 4.69) is 53.0 Å². The van der Waals surface area contributed by atoms with Crippen molar-refractivity contribution >= 4 is 44.0 Å². The number of benzene rings is 1. The number of nitrogens with zero attached hydrogens (tertiary/aromatic N) is 2. The van der Waals surface area contributed by atoms with Crippen LogP contribution in [0.15, 0.2) is 51.7 Å². The van der Waals surface area contributed by atoms with Gasteiger partial charge in [0.25, 0.3) is 0 Å². The molecule has 0 saturated heterocycles. The SMILES string of the molecule is C=C(C)C1=C(c2csc3ccccc23)N2CCN=C2S1. The Balaban J connectivity index is 1.96. The first-order valence-corrected chi connectivity index (χ1v) is 8.32. The van der Waals surface area contributed by atoms with Crippen LogP contribution in [0, 0.1) is 0 Å². The van der Waals surface area contributed by atoms with Crippen molar-refractivity contribution in [2.24, 2.45) is 4.99 Å². The van der Waals surface area contributed by atoms with E-state index in [9.17, 15) is 0 Å². The molecule has 3 heterocycles. The summed E-state index contributed by atoms with van der Waals surface area (Å²) < 4.78 is 1.34. The maximum Gasteiger partial charge on any atom is 0.168 e. The van der Waals surface area contributed by atoms with Crippen LogP contribution in [-0.2, 0) is 0 Å². The Kier molecular flexibility index (Phi) is 2.75. The number of hydrogen-bond donors (Lipinski definition) is 0. The molecule has 20 heavy (non-hydrogen) atoms. The van der Waals surface area contributed by atoms with Gasteiger partial charge in [0.15, 0.2) is 5.17 Å². The fraction of sp³-hybridized carbons (Fsp3) is 0.188. The van der Waals surface area contributed by atoms with Crippen molar-refractivity contribution in [1.29, 1.82) is 0 Å². The van der Waals surface area contributed by atoms with Crippen molar-refractivity contribution < 1.29 is 0 Å². The molecule has 0 radical (unpaired) electrons. The number of hydrogen-bond acceptors (Lipinski definition) is 4. The maximum atomic E-state index is 4.60. The van der Waals surface area contributed by atoms with Crippen LogP contribution in [0.4, 0.5) is 0 Å². The highest BCUT2D eigenvalue weighted by Crippen LogP contribution is 2.46. The monoisotopic (exact) mass is 298 g/mol. The zero-order chi connectivity index (χ0) is 13.7. The lowest BCUT2D eigenvalue weighted by molar-refractivity contribution is 0.649. The Bertz CT molecular complexity index is 783. The summed E-state index contributed by atoms with van der Waals surface area (Å²) in [7, 11) is 0. The molecule has 0 N–H and O–H groups in total. The van der Waals surface area contributed by atoms with Gasteiger partial charge in [0.1, 0.15) is 0 Å². The Morgan fingerprint density at radius 2 is 2.20 bits per heavy atom. The lowest BCUT2D eigenvalue weighted by Crippen LogP contribution is -2.19. The molecule has 0 unspecified atom stereocenters. The van der Waals surface area contributed by atoms with Crippen LogP contribution in [0.2, 0.25) is 0 Å². The van der Waals surface area contributed by atoms with Crippen LogP contribution in [-0.4, -0.2) is 23.2 Å². The average Bonchev–Trinajstić information content (AvgIpc) is 3.10. The normalized spacial score (nSPS) is 17.9. The molecule has 2 aliphatic heterocycles. The summed E-state index contributed by atoms with van der Waals surface area (Å²) in [5.41, 5.74) is 3.75. The van der Waals surface area contributed by atoms with Crippen LogP contribution >= 0.6 is 23.1 Å². The minimum atomic E-state index is 0.900. The summed E-state index contributed by atoms with van der Waals surface area (Å²) in [6.45, 7) is 8.12. The van der Waals surface area contributed by atoms with Gasteiger partial charge in [0, 0.05) is 32.5 Å². The van der Waals surface area contributed by atoms with Crippen molar-refractivity contribution in [3.63, 3.8) is 0 Å². The second-order valence-electron chi connectivity index (χ2n) is 5.02. The summed E-state index contributed by atoms with van der Waals surface area (Å²) >= 11 is 3.57. The third kappa shape index (κ3) is 1.68. The molecule has 0 bridgehead atoms. The van der Waals surface area contributed by atoms with Gasteiger partial charge in [-0.2, -0.15) is 0 Å². The number of rotatable bonds is 2. The standard InChI is InChI=1S/C16H14N2S2/c1-10(2)15-14(18-8-7-17-16(18)20-15)12-9-19-13-6-4-3-5-11(12)13/h3-6,9H,1,7-8H2,2H3. The van der Waals surface area contributed by atoms with Gasteiger partial charge in [0.05, 0.1) is 12.2 Å². The second kappa shape index (κ2) is 4.50. The minimum absolute atomic E-state index is 0.900. The first-order valence-electron chi connectivity index (χ1n) is 6.62. The Labute approximate surface area is 126 Å². The van der Waals surface area contributed by atoms with Crippen molar-refractivity contribution in [2.75, 3.05) is 13.1 Å². The van der Waals surface area contributed by atoms with Gasteiger partial charge >= 0.3 is 0 Å². The van der Waals surface area contributed by atoms with Crippen molar-refractivity contribution in [3.05, 3.63) is 52.3 Å². The first kappa shape index (κ1) is 12.2. The zero-order valence-electron chi connectivity index (χ0n) is 11.2. The Morgan fingerprint density at radius 1 is 1.35 bits per heavy atom. The molecule has 100 valence electrons. The largest absolute Gasteiger partial charge is 0.317 e. The molecule has 1 aromatic heterocycles. The highest BCUT2D eigenvalue weighted by Gasteiger charge is 2.34. The van der Waals surface area contributed by atoms with Gasteiger partial charge in [-0.25, -0.2) is 0 Å². The number of allylic oxidation sites excluding steroid dienone is 1. The molecule has 4 heteroatoms. The molecule has 2 nitrogen and oxygen atoms in total. The minimum Gasteiger partial charge on any atom is -0.317 e. The molecular weight excluding hydrogens is 284 g/mol. The van der Waals surface area contributed by atoms with E-state index < -0.39 is 0 Å². The highest BCUT2D eigenvalue weighted by molar-refractivity contribution is 8.17. The van der Waals surface area contributed by atoms with E-state index in [4.69, 9.17) is 0 Å². The molecule has 0 aliphatic carbocycles. The van der Waals surface area contributed by atoms with Gasteiger partial charge < -0.3 is 4.90 Å². The van der Waals surface area contributed by atoms with Crippen LogP contribution < -0.4 is 0 Å². The lowest BCUT2D eigenvalue weighted by atomic mass is 10.1. The summed E-state index contributed by atoms with van der Waals surface area (Å²) in [5, 5.41) is 4.73. The summed E-state index contributed by atoms with van der Waals surface area (Å²) in [5.74, 6) is 0. The number of thioether (sulfide) groups is 1. The van der Waals surface area contributed by atoms with E-state index in [1.54, 1.807) is 11.8 Å². The van der Waals surface area contributed by atoms with Crippen LogP contribution in [0.1, 0.15) is 12.5 Å². The average molecular weight is 298 g/mol. The molecule has 2 aliphatic rings. The summed E-state index contributed by atoms with van der Waals surface area (Å²) in [6, 6.07) is 8.61. The Hall–Kier alpha value is -1.52. The predicted octanol–water partition coefficient (Wildman–Crippen LogP) is 4.56. The van der Waals surface area contributed by atoms with Gasteiger partial charge in [-0.1, -0.05) is 24.8 Å². The fourth-order valence-corrected chi connectivity index (χ4v) is 4.77. The van der Waals surface area contributed by atoms with Gasteiger partial charge in [-0.15, -0.1) is 11.3 Å². The van der Waals surface area contributed by atoms with E-state index in [-0.39, 0.29) is 0 Å². The third-order valence-electron chi connectivity index (χ3n) is 3.60. The lowest BCUT2D eigenvalue weighted by Gasteiger charge is -2.16.